The zero-order valence-electron chi connectivity index (χ0n) is 11.1. The Morgan fingerprint density at radius 3 is 2.50 bits per heavy atom. The molecule has 2 N–H and O–H groups in total. The molecule has 2 unspecified atom stereocenters. The van der Waals surface area contributed by atoms with Gasteiger partial charge in [-0.15, -0.1) is 0 Å². The lowest BCUT2D eigenvalue weighted by molar-refractivity contribution is 0.184. The lowest BCUT2D eigenvalue weighted by atomic mass is 9.88. The smallest absolute Gasteiger partial charge is 0.168 e. The summed E-state index contributed by atoms with van der Waals surface area (Å²) in [6.45, 7) is 4.11. The van der Waals surface area contributed by atoms with Crippen molar-refractivity contribution in [1.82, 2.24) is 0 Å². The molecular formula is C14H21F2NO. The minimum atomic E-state index is -1.14. The summed E-state index contributed by atoms with van der Waals surface area (Å²) in [5, 5.41) is 0. The fourth-order valence-corrected chi connectivity index (χ4v) is 2.07. The topological polar surface area (TPSA) is 35.2 Å². The van der Waals surface area contributed by atoms with E-state index in [2.05, 4.69) is 0 Å². The van der Waals surface area contributed by atoms with E-state index in [9.17, 15) is 8.78 Å². The highest BCUT2D eigenvalue weighted by molar-refractivity contribution is 5.31. The van der Waals surface area contributed by atoms with Crippen molar-refractivity contribution in [2.24, 2.45) is 17.6 Å². The number of ether oxygens (including phenoxy) is 1. The van der Waals surface area contributed by atoms with Gasteiger partial charge in [0, 0.05) is 12.3 Å². The zero-order chi connectivity index (χ0) is 13.7. The molecule has 0 heterocycles. The Bertz CT molecular complexity index is 382. The molecule has 0 saturated heterocycles. The van der Waals surface area contributed by atoms with Gasteiger partial charge in [0.15, 0.2) is 11.6 Å². The largest absolute Gasteiger partial charge is 0.494 e. The van der Waals surface area contributed by atoms with Gasteiger partial charge in [0.25, 0.3) is 0 Å². The number of methoxy groups -OCH3 is 1. The Hall–Kier alpha value is -1.16. The van der Waals surface area contributed by atoms with Crippen LogP contribution in [-0.4, -0.2) is 19.8 Å². The third kappa shape index (κ3) is 3.42. The number of benzene rings is 1. The van der Waals surface area contributed by atoms with Crippen molar-refractivity contribution < 1.29 is 13.5 Å². The molecule has 1 rings (SSSR count). The molecule has 0 aliphatic rings. The first-order valence-electron chi connectivity index (χ1n) is 6.16. The van der Waals surface area contributed by atoms with E-state index in [0.717, 1.165) is 0 Å². The first kappa shape index (κ1) is 14.9. The second kappa shape index (κ2) is 6.69. The summed E-state index contributed by atoms with van der Waals surface area (Å²) in [5.41, 5.74) is 5.90. The lowest BCUT2D eigenvalue weighted by Crippen LogP contribution is -2.31. The maximum Gasteiger partial charge on any atom is 0.168 e. The molecule has 102 valence electrons. The SMILES string of the molecule is COc1cccc(CC(F)C(CN)C(C)C)c1F. The molecule has 0 aliphatic heterocycles. The molecule has 0 saturated carbocycles. The van der Waals surface area contributed by atoms with Crippen LogP contribution in [0.2, 0.25) is 0 Å². The van der Waals surface area contributed by atoms with E-state index in [0.29, 0.717) is 5.56 Å². The van der Waals surface area contributed by atoms with Crippen LogP contribution in [0.25, 0.3) is 0 Å². The summed E-state index contributed by atoms with van der Waals surface area (Å²) in [6, 6.07) is 4.77. The van der Waals surface area contributed by atoms with Crippen LogP contribution in [-0.2, 0) is 6.42 Å². The van der Waals surface area contributed by atoms with E-state index in [-0.39, 0.29) is 30.6 Å². The standard InChI is InChI=1S/C14H21F2NO/c1-9(2)11(8-17)12(15)7-10-5-4-6-13(18-3)14(10)16/h4-6,9,11-12H,7-8,17H2,1-3H3. The van der Waals surface area contributed by atoms with E-state index in [1.54, 1.807) is 12.1 Å². The minimum absolute atomic E-state index is 0.0308. The maximum absolute atomic E-state index is 14.1. The molecule has 2 nitrogen and oxygen atoms in total. The Labute approximate surface area is 107 Å². The van der Waals surface area contributed by atoms with Crippen molar-refractivity contribution >= 4 is 0 Å². The Balaban J connectivity index is 2.84. The summed E-state index contributed by atoms with van der Waals surface area (Å²) in [5.74, 6) is -0.454. The molecule has 1 aromatic carbocycles. The molecule has 2 atom stereocenters. The quantitative estimate of drug-likeness (QED) is 0.850. The zero-order valence-corrected chi connectivity index (χ0v) is 11.1. The predicted octanol–water partition coefficient (Wildman–Crippen LogP) is 2.95. The van der Waals surface area contributed by atoms with Gasteiger partial charge in [-0.25, -0.2) is 8.78 Å². The molecular weight excluding hydrogens is 236 g/mol. The molecule has 0 aliphatic carbocycles. The second-order valence-electron chi connectivity index (χ2n) is 4.80. The summed E-state index contributed by atoms with van der Waals surface area (Å²) < 4.78 is 32.9. The van der Waals surface area contributed by atoms with Crippen LogP contribution in [0.15, 0.2) is 18.2 Å². The Morgan fingerprint density at radius 1 is 1.33 bits per heavy atom. The first-order valence-corrected chi connectivity index (χ1v) is 6.16. The van der Waals surface area contributed by atoms with Crippen molar-refractivity contribution in [2.75, 3.05) is 13.7 Å². The molecule has 1 aromatic rings. The summed E-state index contributed by atoms with van der Waals surface area (Å²) in [7, 11) is 1.39. The van der Waals surface area contributed by atoms with Gasteiger partial charge < -0.3 is 10.5 Å². The monoisotopic (exact) mass is 257 g/mol. The van der Waals surface area contributed by atoms with Gasteiger partial charge in [-0.2, -0.15) is 0 Å². The third-order valence-electron chi connectivity index (χ3n) is 3.27. The number of hydrogen-bond acceptors (Lipinski definition) is 2. The third-order valence-corrected chi connectivity index (χ3v) is 3.27. The fourth-order valence-electron chi connectivity index (χ4n) is 2.07. The van der Waals surface area contributed by atoms with Crippen molar-refractivity contribution in [2.45, 2.75) is 26.4 Å². The molecule has 0 amide bonds. The normalized spacial score (nSPS) is 14.6. The van der Waals surface area contributed by atoms with E-state index >= 15 is 0 Å². The Kier molecular flexibility index (Phi) is 5.54. The van der Waals surface area contributed by atoms with Gasteiger partial charge >= 0.3 is 0 Å². The molecule has 0 spiro atoms. The number of hydrogen-bond donors (Lipinski definition) is 1. The van der Waals surface area contributed by atoms with E-state index in [1.165, 1.54) is 13.2 Å². The van der Waals surface area contributed by atoms with Crippen LogP contribution < -0.4 is 10.5 Å². The number of alkyl halides is 1. The Morgan fingerprint density at radius 2 is 2.00 bits per heavy atom. The highest BCUT2D eigenvalue weighted by Crippen LogP contribution is 2.25. The highest BCUT2D eigenvalue weighted by atomic mass is 19.1. The number of nitrogens with two attached hydrogens (primary N) is 1. The average molecular weight is 257 g/mol. The molecule has 4 heteroatoms. The van der Waals surface area contributed by atoms with Crippen molar-refractivity contribution in [3.63, 3.8) is 0 Å². The van der Waals surface area contributed by atoms with Crippen molar-refractivity contribution in [3.05, 3.63) is 29.6 Å². The summed E-state index contributed by atoms with van der Waals surface area (Å²) >= 11 is 0. The molecule has 0 aromatic heterocycles. The van der Waals surface area contributed by atoms with Gasteiger partial charge in [0.2, 0.25) is 0 Å². The van der Waals surface area contributed by atoms with Crippen LogP contribution in [0.5, 0.6) is 5.75 Å². The van der Waals surface area contributed by atoms with Gasteiger partial charge in [0.1, 0.15) is 6.17 Å². The summed E-state index contributed by atoms with van der Waals surface area (Å²) in [4.78, 5) is 0. The van der Waals surface area contributed by atoms with Gasteiger partial charge in [-0.1, -0.05) is 26.0 Å². The van der Waals surface area contributed by atoms with Gasteiger partial charge in [-0.05, 0) is 24.1 Å². The van der Waals surface area contributed by atoms with Crippen molar-refractivity contribution in [3.8, 4) is 5.75 Å². The lowest BCUT2D eigenvalue weighted by Gasteiger charge is -2.23. The number of halogens is 2. The van der Waals surface area contributed by atoms with Crippen LogP contribution in [0, 0.1) is 17.7 Å². The average Bonchev–Trinajstić information content (AvgIpc) is 2.32. The molecule has 0 radical (unpaired) electrons. The molecule has 0 fully saturated rings. The predicted molar refractivity (Wildman–Crippen MR) is 68.9 cm³/mol. The summed E-state index contributed by atoms with van der Waals surface area (Å²) in [6.07, 6.45) is -1.11. The molecule has 0 bridgehead atoms. The van der Waals surface area contributed by atoms with E-state index in [1.807, 2.05) is 13.8 Å². The molecule has 18 heavy (non-hydrogen) atoms. The highest BCUT2D eigenvalue weighted by Gasteiger charge is 2.24. The first-order chi connectivity index (χ1) is 8.51. The minimum Gasteiger partial charge on any atom is -0.494 e. The van der Waals surface area contributed by atoms with E-state index < -0.39 is 12.0 Å². The second-order valence-corrected chi connectivity index (χ2v) is 4.80. The van der Waals surface area contributed by atoms with Crippen LogP contribution in [0.4, 0.5) is 8.78 Å². The van der Waals surface area contributed by atoms with Crippen LogP contribution in [0.3, 0.4) is 0 Å². The van der Waals surface area contributed by atoms with Gasteiger partial charge in [-0.3, -0.25) is 0 Å². The number of rotatable bonds is 6. The van der Waals surface area contributed by atoms with Crippen LogP contribution in [0.1, 0.15) is 19.4 Å². The maximum atomic E-state index is 14.1. The van der Waals surface area contributed by atoms with Crippen LogP contribution >= 0.6 is 0 Å². The fraction of sp³-hybridized carbons (Fsp3) is 0.571. The van der Waals surface area contributed by atoms with E-state index in [4.69, 9.17) is 10.5 Å². The van der Waals surface area contributed by atoms with Crippen molar-refractivity contribution in [1.29, 1.82) is 0 Å². The van der Waals surface area contributed by atoms with Gasteiger partial charge in [0.05, 0.1) is 7.11 Å².